The highest BCUT2D eigenvalue weighted by molar-refractivity contribution is 5.96. The van der Waals surface area contributed by atoms with Crippen LogP contribution in [0, 0.1) is 0 Å². The minimum Gasteiger partial charge on any atom is -0.451 e. The molecule has 0 aliphatic carbocycles. The van der Waals surface area contributed by atoms with Crippen LogP contribution in [0.5, 0.6) is 0 Å². The number of carbonyl (C=O) groups excluding carboxylic acids is 3. The highest BCUT2D eigenvalue weighted by Gasteiger charge is 2.23. The lowest BCUT2D eigenvalue weighted by Gasteiger charge is -2.12. The van der Waals surface area contributed by atoms with E-state index in [-0.39, 0.29) is 12.0 Å². The molecule has 84 valence electrons. The van der Waals surface area contributed by atoms with Crippen molar-refractivity contribution in [3.05, 3.63) is 12.2 Å². The first-order valence-electron chi connectivity index (χ1n) is 4.47. The van der Waals surface area contributed by atoms with Crippen LogP contribution in [0.1, 0.15) is 27.2 Å². The Kier molecular flexibility index (Phi) is 5.30. The molecule has 0 rings (SSSR count). The number of hydrogen-bond acceptors (Lipinski definition) is 5. The number of hydrogen-bond donors (Lipinski definition) is 0. The molecule has 1 atom stereocenters. The zero-order valence-corrected chi connectivity index (χ0v) is 9.03. The Morgan fingerprint density at radius 2 is 1.80 bits per heavy atom. The molecule has 0 saturated heterocycles. The summed E-state index contributed by atoms with van der Waals surface area (Å²) in [5.74, 6) is -2.28. The van der Waals surface area contributed by atoms with Gasteiger partial charge in [-0.15, -0.1) is 0 Å². The summed E-state index contributed by atoms with van der Waals surface area (Å²) in [7, 11) is 0. The Balaban J connectivity index is 4.34. The fourth-order valence-corrected chi connectivity index (χ4v) is 0.743. The summed E-state index contributed by atoms with van der Waals surface area (Å²) in [6, 6.07) is 0. The van der Waals surface area contributed by atoms with E-state index in [0.29, 0.717) is 0 Å². The van der Waals surface area contributed by atoms with Gasteiger partial charge in [-0.25, -0.2) is 9.59 Å². The van der Waals surface area contributed by atoms with E-state index in [1.54, 1.807) is 6.92 Å². The normalized spacial score (nSPS) is 11.4. The molecule has 0 aromatic rings. The van der Waals surface area contributed by atoms with Gasteiger partial charge < -0.3 is 9.47 Å². The summed E-state index contributed by atoms with van der Waals surface area (Å²) in [6.07, 6.45) is -0.784. The Morgan fingerprint density at radius 1 is 1.27 bits per heavy atom. The first-order valence-corrected chi connectivity index (χ1v) is 4.47. The van der Waals surface area contributed by atoms with Gasteiger partial charge in [0.05, 0.1) is 0 Å². The minimum absolute atomic E-state index is 0.112. The van der Waals surface area contributed by atoms with Gasteiger partial charge in [0.2, 0.25) is 0 Å². The van der Waals surface area contributed by atoms with Crippen LogP contribution in [0.4, 0.5) is 0 Å². The molecule has 5 heteroatoms. The van der Waals surface area contributed by atoms with Gasteiger partial charge in [0.1, 0.15) is 0 Å². The first kappa shape index (κ1) is 13.4. The van der Waals surface area contributed by atoms with Crippen LogP contribution in [-0.4, -0.2) is 24.0 Å². The fourth-order valence-electron chi connectivity index (χ4n) is 0.743. The SMILES string of the molecule is C=C(C)C(=O)OC(=O)C(CC)OC(C)=O. The van der Waals surface area contributed by atoms with Gasteiger partial charge in [-0.3, -0.25) is 4.79 Å². The van der Waals surface area contributed by atoms with Crippen LogP contribution in [-0.2, 0) is 23.9 Å². The second-order valence-corrected chi connectivity index (χ2v) is 3.00. The van der Waals surface area contributed by atoms with Crippen LogP contribution in [0.25, 0.3) is 0 Å². The number of carbonyl (C=O) groups is 3. The van der Waals surface area contributed by atoms with Crippen molar-refractivity contribution in [3.8, 4) is 0 Å². The molecule has 0 spiro atoms. The molecule has 0 fully saturated rings. The molecule has 0 amide bonds. The van der Waals surface area contributed by atoms with Crippen molar-refractivity contribution in [2.75, 3.05) is 0 Å². The molecule has 15 heavy (non-hydrogen) atoms. The average Bonchev–Trinajstić information content (AvgIpc) is 2.13. The summed E-state index contributed by atoms with van der Waals surface area (Å²) < 4.78 is 9.06. The zero-order chi connectivity index (χ0) is 12.0. The molecule has 0 heterocycles. The van der Waals surface area contributed by atoms with Crippen LogP contribution in [0.3, 0.4) is 0 Å². The van der Waals surface area contributed by atoms with Gasteiger partial charge >= 0.3 is 17.9 Å². The lowest BCUT2D eigenvalue weighted by Crippen LogP contribution is -2.29. The quantitative estimate of drug-likeness (QED) is 0.396. The Hall–Kier alpha value is -1.65. The summed E-state index contributed by atoms with van der Waals surface area (Å²) in [4.78, 5) is 32.8. The lowest BCUT2D eigenvalue weighted by atomic mass is 10.3. The largest absolute Gasteiger partial charge is 0.451 e. The van der Waals surface area contributed by atoms with E-state index in [2.05, 4.69) is 16.1 Å². The van der Waals surface area contributed by atoms with Gasteiger partial charge in [-0.1, -0.05) is 13.5 Å². The van der Waals surface area contributed by atoms with Crippen molar-refractivity contribution >= 4 is 17.9 Å². The van der Waals surface area contributed by atoms with Crippen LogP contribution in [0.2, 0.25) is 0 Å². The maximum absolute atomic E-state index is 11.3. The second-order valence-electron chi connectivity index (χ2n) is 3.00. The van der Waals surface area contributed by atoms with E-state index in [1.807, 2.05) is 0 Å². The first-order chi connectivity index (χ1) is 6.88. The van der Waals surface area contributed by atoms with Crippen LogP contribution in [0.15, 0.2) is 12.2 Å². The van der Waals surface area contributed by atoms with E-state index in [1.165, 1.54) is 13.8 Å². The molecular weight excluding hydrogens is 200 g/mol. The van der Waals surface area contributed by atoms with E-state index in [0.717, 1.165) is 0 Å². The van der Waals surface area contributed by atoms with Gasteiger partial charge in [0.15, 0.2) is 6.10 Å². The molecule has 0 N–H and O–H groups in total. The predicted molar refractivity (Wildman–Crippen MR) is 51.8 cm³/mol. The van der Waals surface area contributed by atoms with E-state index in [9.17, 15) is 14.4 Å². The van der Waals surface area contributed by atoms with Gasteiger partial charge in [-0.2, -0.15) is 0 Å². The molecule has 0 aliphatic heterocycles. The van der Waals surface area contributed by atoms with Crippen molar-refractivity contribution in [1.29, 1.82) is 0 Å². The number of rotatable bonds is 4. The second kappa shape index (κ2) is 5.95. The monoisotopic (exact) mass is 214 g/mol. The summed E-state index contributed by atoms with van der Waals surface area (Å²) in [6.45, 7) is 7.55. The third kappa shape index (κ3) is 4.95. The summed E-state index contributed by atoms with van der Waals surface area (Å²) >= 11 is 0. The molecule has 0 aromatic heterocycles. The molecule has 5 nitrogen and oxygen atoms in total. The van der Waals surface area contributed by atoms with E-state index < -0.39 is 24.0 Å². The van der Waals surface area contributed by atoms with Crippen molar-refractivity contribution in [2.24, 2.45) is 0 Å². The van der Waals surface area contributed by atoms with E-state index >= 15 is 0 Å². The van der Waals surface area contributed by atoms with Gasteiger partial charge in [-0.05, 0) is 13.3 Å². The maximum atomic E-state index is 11.3. The molecule has 0 radical (unpaired) electrons. The molecule has 0 bridgehead atoms. The molecular formula is C10H14O5. The zero-order valence-electron chi connectivity index (χ0n) is 9.03. The Morgan fingerprint density at radius 3 is 2.13 bits per heavy atom. The van der Waals surface area contributed by atoms with Crippen molar-refractivity contribution in [2.45, 2.75) is 33.3 Å². The minimum atomic E-state index is -1.04. The Bertz CT molecular complexity index is 292. The van der Waals surface area contributed by atoms with E-state index in [4.69, 9.17) is 0 Å². The highest BCUT2D eigenvalue weighted by atomic mass is 16.6. The van der Waals surface area contributed by atoms with Crippen LogP contribution < -0.4 is 0 Å². The highest BCUT2D eigenvalue weighted by Crippen LogP contribution is 2.03. The van der Waals surface area contributed by atoms with Gasteiger partial charge in [0.25, 0.3) is 0 Å². The lowest BCUT2D eigenvalue weighted by molar-refractivity contribution is -0.171. The predicted octanol–water partition coefficient (Wildman–Crippen LogP) is 0.974. The maximum Gasteiger partial charge on any atom is 0.355 e. The third-order valence-electron chi connectivity index (χ3n) is 1.48. The third-order valence-corrected chi connectivity index (χ3v) is 1.48. The summed E-state index contributed by atoms with van der Waals surface area (Å²) in [5, 5.41) is 0. The van der Waals surface area contributed by atoms with Gasteiger partial charge in [0, 0.05) is 12.5 Å². The van der Waals surface area contributed by atoms with Crippen LogP contribution >= 0.6 is 0 Å². The standard InChI is InChI=1S/C10H14O5/c1-5-8(14-7(4)11)10(13)15-9(12)6(2)3/h8H,2,5H2,1,3-4H3. The fraction of sp³-hybridized carbons (Fsp3) is 0.500. The Labute approximate surface area is 88.0 Å². The van der Waals surface area contributed by atoms with Crippen molar-refractivity contribution in [1.82, 2.24) is 0 Å². The number of ether oxygens (including phenoxy) is 2. The van der Waals surface area contributed by atoms with Crippen molar-refractivity contribution in [3.63, 3.8) is 0 Å². The molecule has 1 unspecified atom stereocenters. The van der Waals surface area contributed by atoms with Crippen molar-refractivity contribution < 1.29 is 23.9 Å². The molecule has 0 aromatic carbocycles. The average molecular weight is 214 g/mol. The molecule has 0 saturated carbocycles. The summed E-state index contributed by atoms with van der Waals surface area (Å²) in [5.41, 5.74) is 0.112. The number of esters is 3. The topological polar surface area (TPSA) is 69.7 Å². The smallest absolute Gasteiger partial charge is 0.355 e. The molecule has 0 aliphatic rings.